The number of aliphatic carboxylic acids is 1. The number of carbonyl (C=O) groups excluding carboxylic acids is 1. The third-order valence-corrected chi connectivity index (χ3v) is 3.65. The van der Waals surface area contributed by atoms with Crippen LogP contribution < -0.4 is 5.32 Å². The molecule has 1 aliphatic heterocycles. The van der Waals surface area contributed by atoms with Crippen molar-refractivity contribution < 1.29 is 19.8 Å². The van der Waals surface area contributed by atoms with Crippen LogP contribution in [-0.4, -0.2) is 51.8 Å². The van der Waals surface area contributed by atoms with E-state index >= 15 is 0 Å². The molecule has 20 heavy (non-hydrogen) atoms. The average molecular weight is 286 g/mol. The molecule has 1 heterocycles. The molecule has 0 radical (unpaired) electrons. The summed E-state index contributed by atoms with van der Waals surface area (Å²) in [5.74, 6) is -0.810. The number of hydrogen-bond donors (Lipinski definition) is 3. The van der Waals surface area contributed by atoms with Crippen molar-refractivity contribution in [3.05, 3.63) is 0 Å². The number of nitrogens with one attached hydrogen (secondary N) is 1. The maximum atomic E-state index is 12.1. The topological polar surface area (TPSA) is 89.9 Å². The summed E-state index contributed by atoms with van der Waals surface area (Å²) in [6, 6.07) is -1.21. The van der Waals surface area contributed by atoms with Gasteiger partial charge in [-0.3, -0.25) is 0 Å². The van der Waals surface area contributed by atoms with Gasteiger partial charge >= 0.3 is 12.0 Å². The highest BCUT2D eigenvalue weighted by Crippen LogP contribution is 2.21. The van der Waals surface area contributed by atoms with Crippen molar-refractivity contribution in [3.8, 4) is 0 Å². The predicted octanol–water partition coefficient (Wildman–Crippen LogP) is 1.43. The highest BCUT2D eigenvalue weighted by atomic mass is 16.4. The fourth-order valence-corrected chi connectivity index (χ4v) is 2.40. The molecule has 2 atom stereocenters. The number of carboxylic acid groups (broad SMARTS) is 1. The molecule has 0 spiro atoms. The van der Waals surface area contributed by atoms with E-state index in [0.717, 1.165) is 6.42 Å². The first-order chi connectivity index (χ1) is 9.21. The summed E-state index contributed by atoms with van der Waals surface area (Å²) in [5.41, 5.74) is -0.737. The number of amides is 2. The van der Waals surface area contributed by atoms with Gasteiger partial charge < -0.3 is 20.4 Å². The van der Waals surface area contributed by atoms with E-state index in [0.29, 0.717) is 32.4 Å². The van der Waals surface area contributed by atoms with Gasteiger partial charge in [-0.2, -0.15) is 0 Å². The Morgan fingerprint density at radius 2 is 1.95 bits per heavy atom. The molecule has 1 aliphatic rings. The van der Waals surface area contributed by atoms with Crippen molar-refractivity contribution >= 4 is 12.0 Å². The smallest absolute Gasteiger partial charge is 0.326 e. The third-order valence-electron chi connectivity index (χ3n) is 3.65. The standard InChI is InChI=1S/C14H26N2O4/c1-10(2)9-11(12(17)18)15-13(19)16-7-4-5-14(3,20)6-8-16/h10-11,20H,4-9H2,1-3H3,(H,15,19)(H,17,18). The molecule has 3 N–H and O–H groups in total. The van der Waals surface area contributed by atoms with Gasteiger partial charge in [-0.05, 0) is 38.5 Å². The molecule has 1 rings (SSSR count). The largest absolute Gasteiger partial charge is 0.480 e. The Morgan fingerprint density at radius 1 is 1.30 bits per heavy atom. The minimum Gasteiger partial charge on any atom is -0.480 e. The fourth-order valence-electron chi connectivity index (χ4n) is 2.40. The van der Waals surface area contributed by atoms with Crippen LogP contribution in [-0.2, 0) is 4.79 Å². The Balaban J connectivity index is 2.58. The van der Waals surface area contributed by atoms with Crippen molar-refractivity contribution in [1.82, 2.24) is 10.2 Å². The minimum atomic E-state index is -1.01. The van der Waals surface area contributed by atoms with Gasteiger partial charge in [-0.15, -0.1) is 0 Å². The Morgan fingerprint density at radius 3 is 2.50 bits per heavy atom. The minimum absolute atomic E-state index is 0.196. The second-order valence-electron chi connectivity index (χ2n) is 6.31. The monoisotopic (exact) mass is 286 g/mol. The number of carboxylic acids is 1. The Labute approximate surface area is 120 Å². The predicted molar refractivity (Wildman–Crippen MR) is 75.5 cm³/mol. The normalized spacial score (nSPS) is 25.1. The lowest BCUT2D eigenvalue weighted by molar-refractivity contribution is -0.139. The zero-order valence-electron chi connectivity index (χ0n) is 12.6. The van der Waals surface area contributed by atoms with Crippen LogP contribution in [0.5, 0.6) is 0 Å². The summed E-state index contributed by atoms with van der Waals surface area (Å²) < 4.78 is 0. The van der Waals surface area contributed by atoms with Gasteiger partial charge in [0.1, 0.15) is 6.04 Å². The van der Waals surface area contributed by atoms with Crippen LogP contribution in [0.1, 0.15) is 46.5 Å². The van der Waals surface area contributed by atoms with Crippen molar-refractivity contribution in [2.45, 2.75) is 58.1 Å². The highest BCUT2D eigenvalue weighted by Gasteiger charge is 2.29. The quantitative estimate of drug-likeness (QED) is 0.729. The van der Waals surface area contributed by atoms with E-state index < -0.39 is 17.6 Å². The van der Waals surface area contributed by atoms with E-state index in [1.54, 1.807) is 11.8 Å². The van der Waals surface area contributed by atoms with E-state index in [2.05, 4.69) is 5.32 Å². The second-order valence-corrected chi connectivity index (χ2v) is 6.31. The molecule has 0 aliphatic carbocycles. The highest BCUT2D eigenvalue weighted by molar-refractivity contribution is 5.82. The summed E-state index contributed by atoms with van der Waals surface area (Å²) >= 11 is 0. The van der Waals surface area contributed by atoms with Crippen molar-refractivity contribution in [2.75, 3.05) is 13.1 Å². The molecule has 0 aromatic carbocycles. The number of nitrogens with zero attached hydrogens (tertiary/aromatic N) is 1. The summed E-state index contributed by atoms with van der Waals surface area (Å²) in [6.07, 6.45) is 2.31. The number of urea groups is 1. The van der Waals surface area contributed by atoms with Crippen LogP contribution >= 0.6 is 0 Å². The molecule has 2 amide bonds. The molecule has 1 saturated heterocycles. The van der Waals surface area contributed by atoms with E-state index in [4.69, 9.17) is 5.11 Å². The van der Waals surface area contributed by atoms with Crippen molar-refractivity contribution in [3.63, 3.8) is 0 Å². The first-order valence-electron chi connectivity index (χ1n) is 7.22. The summed E-state index contributed by atoms with van der Waals surface area (Å²) in [6.45, 7) is 6.62. The second kappa shape index (κ2) is 6.92. The van der Waals surface area contributed by atoms with Gasteiger partial charge in [0.15, 0.2) is 0 Å². The summed E-state index contributed by atoms with van der Waals surface area (Å²) in [4.78, 5) is 24.9. The number of aliphatic hydroxyl groups is 1. The van der Waals surface area contributed by atoms with E-state index in [1.807, 2.05) is 13.8 Å². The lowest BCUT2D eigenvalue weighted by atomic mass is 9.98. The molecule has 6 nitrogen and oxygen atoms in total. The number of carbonyl (C=O) groups is 2. The van der Waals surface area contributed by atoms with Crippen LogP contribution in [0.25, 0.3) is 0 Å². The lowest BCUT2D eigenvalue weighted by Crippen LogP contribution is -2.48. The molecule has 6 heteroatoms. The first kappa shape index (κ1) is 16.8. The van der Waals surface area contributed by atoms with E-state index in [9.17, 15) is 14.7 Å². The molecule has 116 valence electrons. The fraction of sp³-hybridized carbons (Fsp3) is 0.857. The summed E-state index contributed by atoms with van der Waals surface area (Å²) in [7, 11) is 0. The van der Waals surface area contributed by atoms with Gasteiger partial charge in [0.25, 0.3) is 0 Å². The third kappa shape index (κ3) is 5.36. The van der Waals surface area contributed by atoms with Crippen LogP contribution in [0.15, 0.2) is 0 Å². The Bertz CT molecular complexity index is 355. The van der Waals surface area contributed by atoms with Crippen LogP contribution in [0.4, 0.5) is 4.79 Å². The molecule has 0 aromatic heterocycles. The molecular formula is C14H26N2O4. The van der Waals surface area contributed by atoms with Crippen molar-refractivity contribution in [2.24, 2.45) is 5.92 Å². The Hall–Kier alpha value is -1.30. The molecular weight excluding hydrogens is 260 g/mol. The Kier molecular flexibility index (Phi) is 5.80. The van der Waals surface area contributed by atoms with E-state index in [-0.39, 0.29) is 11.9 Å². The molecule has 2 unspecified atom stereocenters. The SMILES string of the molecule is CC(C)CC(NC(=O)N1CCCC(C)(O)CC1)C(=O)O. The van der Waals surface area contributed by atoms with Crippen molar-refractivity contribution in [1.29, 1.82) is 0 Å². The van der Waals surface area contributed by atoms with Crippen LogP contribution in [0.3, 0.4) is 0 Å². The van der Waals surface area contributed by atoms with Gasteiger partial charge in [0.05, 0.1) is 5.60 Å². The summed E-state index contributed by atoms with van der Waals surface area (Å²) in [5, 5.41) is 21.7. The maximum Gasteiger partial charge on any atom is 0.326 e. The van der Waals surface area contributed by atoms with E-state index in [1.165, 1.54) is 0 Å². The molecule has 1 fully saturated rings. The molecule has 0 saturated carbocycles. The zero-order chi connectivity index (χ0) is 15.3. The van der Waals surface area contributed by atoms with Gasteiger partial charge in [-0.1, -0.05) is 13.8 Å². The van der Waals surface area contributed by atoms with Gasteiger partial charge in [0, 0.05) is 13.1 Å². The number of rotatable bonds is 4. The van der Waals surface area contributed by atoms with Gasteiger partial charge in [0.2, 0.25) is 0 Å². The molecule has 0 bridgehead atoms. The average Bonchev–Trinajstić information content (AvgIpc) is 2.48. The zero-order valence-corrected chi connectivity index (χ0v) is 12.6. The number of likely N-dealkylation sites (tertiary alicyclic amines) is 1. The molecule has 0 aromatic rings. The van der Waals surface area contributed by atoms with Crippen LogP contribution in [0.2, 0.25) is 0 Å². The van der Waals surface area contributed by atoms with Crippen LogP contribution in [0, 0.1) is 5.92 Å². The maximum absolute atomic E-state index is 12.1. The first-order valence-corrected chi connectivity index (χ1v) is 7.22. The van der Waals surface area contributed by atoms with Gasteiger partial charge in [-0.25, -0.2) is 9.59 Å². The number of hydrogen-bond acceptors (Lipinski definition) is 3. The lowest BCUT2D eigenvalue weighted by Gasteiger charge is -2.25.